The molecule has 0 saturated heterocycles. The number of hydrogen-bond donors (Lipinski definition) is 2. The minimum Gasteiger partial charge on any atom is -0.388 e. The first kappa shape index (κ1) is 13.4. The van der Waals surface area contributed by atoms with E-state index < -0.39 is 0 Å². The van der Waals surface area contributed by atoms with E-state index in [2.05, 4.69) is 10.3 Å². The number of amides is 1. The molecule has 0 unspecified atom stereocenters. The van der Waals surface area contributed by atoms with E-state index in [-0.39, 0.29) is 10.9 Å². The van der Waals surface area contributed by atoms with Crippen molar-refractivity contribution in [2.24, 2.45) is 5.73 Å². The van der Waals surface area contributed by atoms with Crippen molar-refractivity contribution < 1.29 is 4.79 Å². The van der Waals surface area contributed by atoms with Crippen molar-refractivity contribution in [3.05, 3.63) is 24.0 Å². The number of nitrogens with zero attached hydrogens (tertiary/aromatic N) is 2. The first-order chi connectivity index (χ1) is 8.02. The van der Waals surface area contributed by atoms with Crippen molar-refractivity contribution in [2.45, 2.75) is 6.42 Å². The van der Waals surface area contributed by atoms with E-state index in [0.29, 0.717) is 18.7 Å². The van der Waals surface area contributed by atoms with Crippen molar-refractivity contribution in [1.82, 2.24) is 9.88 Å². The highest BCUT2D eigenvalue weighted by molar-refractivity contribution is 7.80. The van der Waals surface area contributed by atoms with Gasteiger partial charge in [-0.2, -0.15) is 0 Å². The third kappa shape index (κ3) is 3.99. The van der Waals surface area contributed by atoms with Gasteiger partial charge in [-0.15, -0.1) is 0 Å². The summed E-state index contributed by atoms with van der Waals surface area (Å²) in [4.78, 5) is 17.3. The Labute approximate surface area is 106 Å². The fourth-order valence-electron chi connectivity index (χ4n) is 1.27. The van der Waals surface area contributed by atoms with Crippen LogP contribution in [-0.2, 0) is 4.79 Å². The standard InChI is InChI=1S/C11H16N4OS/c1-15(2)9(16)5-7-13-8-4-3-6-14-10(8)11(12)17/h3-4,6,13H,5,7H2,1-2H3,(H2,12,17). The number of carbonyl (C=O) groups is 1. The van der Waals surface area contributed by atoms with Crippen LogP contribution in [-0.4, -0.2) is 41.4 Å². The summed E-state index contributed by atoms with van der Waals surface area (Å²) in [5.41, 5.74) is 6.86. The molecule has 3 N–H and O–H groups in total. The minimum absolute atomic E-state index is 0.0678. The second-order valence-corrected chi connectivity index (χ2v) is 4.17. The summed E-state index contributed by atoms with van der Waals surface area (Å²) in [6, 6.07) is 3.62. The molecule has 0 aromatic carbocycles. The lowest BCUT2D eigenvalue weighted by atomic mass is 10.2. The first-order valence-electron chi connectivity index (χ1n) is 5.21. The number of aromatic nitrogens is 1. The fraction of sp³-hybridized carbons (Fsp3) is 0.364. The smallest absolute Gasteiger partial charge is 0.223 e. The molecule has 1 rings (SSSR count). The molecule has 0 atom stereocenters. The number of hydrogen-bond acceptors (Lipinski definition) is 4. The molecule has 0 aliphatic heterocycles. The van der Waals surface area contributed by atoms with Gasteiger partial charge in [0.05, 0.1) is 5.69 Å². The molecule has 0 bridgehead atoms. The lowest BCUT2D eigenvalue weighted by molar-refractivity contribution is -0.128. The summed E-state index contributed by atoms with van der Waals surface area (Å²) in [7, 11) is 3.46. The van der Waals surface area contributed by atoms with Gasteiger partial charge in [-0.25, -0.2) is 0 Å². The van der Waals surface area contributed by atoms with Gasteiger partial charge in [-0.05, 0) is 12.1 Å². The molecule has 0 radical (unpaired) electrons. The largest absolute Gasteiger partial charge is 0.388 e. The summed E-state index contributed by atoms with van der Waals surface area (Å²) < 4.78 is 0. The third-order valence-electron chi connectivity index (χ3n) is 2.19. The number of pyridine rings is 1. The summed E-state index contributed by atoms with van der Waals surface area (Å²) in [6.45, 7) is 0.526. The van der Waals surface area contributed by atoms with E-state index in [0.717, 1.165) is 5.69 Å². The lowest BCUT2D eigenvalue weighted by Crippen LogP contribution is -2.24. The Morgan fingerprint density at radius 1 is 1.59 bits per heavy atom. The molecule has 6 heteroatoms. The van der Waals surface area contributed by atoms with Crippen molar-refractivity contribution in [3.8, 4) is 0 Å². The molecule has 0 fully saturated rings. The maximum atomic E-state index is 11.4. The van der Waals surface area contributed by atoms with Crippen LogP contribution in [0.5, 0.6) is 0 Å². The Morgan fingerprint density at radius 3 is 2.88 bits per heavy atom. The van der Waals surface area contributed by atoms with E-state index in [1.807, 2.05) is 6.07 Å². The molecular formula is C11H16N4OS. The highest BCUT2D eigenvalue weighted by Crippen LogP contribution is 2.11. The van der Waals surface area contributed by atoms with Gasteiger partial charge in [0.25, 0.3) is 0 Å². The maximum absolute atomic E-state index is 11.4. The van der Waals surface area contributed by atoms with Gasteiger partial charge < -0.3 is 16.0 Å². The molecule has 0 saturated carbocycles. The Kier molecular flexibility index (Phi) is 4.84. The SMILES string of the molecule is CN(C)C(=O)CCNc1cccnc1C(N)=S. The topological polar surface area (TPSA) is 71.2 Å². The Morgan fingerprint density at radius 2 is 2.29 bits per heavy atom. The second kappa shape index (κ2) is 6.15. The number of rotatable bonds is 5. The predicted octanol–water partition coefficient (Wildman–Crippen LogP) is 0.606. The van der Waals surface area contributed by atoms with Crippen LogP contribution in [0, 0.1) is 0 Å². The fourth-order valence-corrected chi connectivity index (χ4v) is 1.43. The molecule has 0 aliphatic carbocycles. The highest BCUT2D eigenvalue weighted by Gasteiger charge is 2.07. The molecule has 1 aromatic heterocycles. The van der Waals surface area contributed by atoms with Crippen molar-refractivity contribution in [3.63, 3.8) is 0 Å². The van der Waals surface area contributed by atoms with Crippen LogP contribution in [0.2, 0.25) is 0 Å². The molecule has 5 nitrogen and oxygen atoms in total. The van der Waals surface area contributed by atoms with E-state index in [9.17, 15) is 4.79 Å². The molecule has 0 aliphatic rings. The molecule has 92 valence electrons. The first-order valence-corrected chi connectivity index (χ1v) is 5.62. The van der Waals surface area contributed by atoms with Crippen LogP contribution in [0.4, 0.5) is 5.69 Å². The van der Waals surface area contributed by atoms with E-state index in [4.69, 9.17) is 18.0 Å². The monoisotopic (exact) mass is 252 g/mol. The summed E-state index contributed by atoms with van der Waals surface area (Å²) in [5.74, 6) is 0.0678. The number of nitrogens with one attached hydrogen (secondary N) is 1. The van der Waals surface area contributed by atoms with Crippen LogP contribution in [0.25, 0.3) is 0 Å². The Balaban J connectivity index is 2.58. The van der Waals surface area contributed by atoms with E-state index >= 15 is 0 Å². The zero-order chi connectivity index (χ0) is 12.8. The van der Waals surface area contributed by atoms with Crippen LogP contribution in [0.15, 0.2) is 18.3 Å². The molecule has 1 heterocycles. The van der Waals surface area contributed by atoms with Gasteiger partial charge in [0.15, 0.2) is 0 Å². The zero-order valence-corrected chi connectivity index (χ0v) is 10.8. The molecule has 0 spiro atoms. The summed E-state index contributed by atoms with van der Waals surface area (Å²) >= 11 is 4.89. The third-order valence-corrected chi connectivity index (χ3v) is 2.39. The van der Waals surface area contributed by atoms with Crippen LogP contribution in [0.3, 0.4) is 0 Å². The van der Waals surface area contributed by atoms with Gasteiger partial charge in [0.1, 0.15) is 10.7 Å². The molecular weight excluding hydrogens is 236 g/mol. The average molecular weight is 252 g/mol. The van der Waals surface area contributed by atoms with Crippen LogP contribution in [0.1, 0.15) is 12.1 Å². The van der Waals surface area contributed by atoms with E-state index in [1.165, 1.54) is 0 Å². The Bertz CT molecular complexity index is 420. The maximum Gasteiger partial charge on any atom is 0.223 e. The van der Waals surface area contributed by atoms with E-state index in [1.54, 1.807) is 31.3 Å². The quantitative estimate of drug-likeness (QED) is 0.751. The lowest BCUT2D eigenvalue weighted by Gasteiger charge is -2.12. The van der Waals surface area contributed by atoms with Crippen molar-refractivity contribution in [2.75, 3.05) is 26.0 Å². The number of thiocarbonyl (C=S) groups is 1. The molecule has 17 heavy (non-hydrogen) atoms. The van der Waals surface area contributed by atoms with Crippen LogP contribution >= 0.6 is 12.2 Å². The van der Waals surface area contributed by atoms with Gasteiger partial charge in [0.2, 0.25) is 5.91 Å². The normalized spacial score (nSPS) is 9.76. The van der Waals surface area contributed by atoms with Crippen molar-refractivity contribution >= 4 is 28.8 Å². The summed E-state index contributed by atoms with van der Waals surface area (Å²) in [6.07, 6.45) is 2.04. The minimum atomic E-state index is 0.0678. The zero-order valence-electron chi connectivity index (χ0n) is 9.93. The highest BCUT2D eigenvalue weighted by atomic mass is 32.1. The van der Waals surface area contributed by atoms with Gasteiger partial charge in [-0.3, -0.25) is 9.78 Å². The number of carbonyl (C=O) groups excluding carboxylic acids is 1. The molecule has 1 aromatic rings. The summed E-state index contributed by atoms with van der Waals surface area (Å²) in [5, 5.41) is 3.10. The average Bonchev–Trinajstić information content (AvgIpc) is 2.29. The van der Waals surface area contributed by atoms with Gasteiger partial charge in [-0.1, -0.05) is 12.2 Å². The predicted molar refractivity (Wildman–Crippen MR) is 71.9 cm³/mol. The second-order valence-electron chi connectivity index (χ2n) is 3.73. The van der Waals surface area contributed by atoms with Gasteiger partial charge >= 0.3 is 0 Å². The Hall–Kier alpha value is -1.69. The van der Waals surface area contributed by atoms with Crippen LogP contribution < -0.4 is 11.1 Å². The number of nitrogens with two attached hydrogens (primary N) is 1. The molecule has 1 amide bonds. The van der Waals surface area contributed by atoms with Gasteiger partial charge in [0, 0.05) is 33.3 Å². The van der Waals surface area contributed by atoms with Crippen molar-refractivity contribution in [1.29, 1.82) is 0 Å². The number of anilines is 1.